The van der Waals surface area contributed by atoms with Crippen molar-refractivity contribution >= 4 is 22.7 Å². The molecule has 106 valence electrons. The summed E-state index contributed by atoms with van der Waals surface area (Å²) in [6, 6.07) is 11.5. The Kier molecular flexibility index (Phi) is 3.27. The Labute approximate surface area is 120 Å². The van der Waals surface area contributed by atoms with Crippen molar-refractivity contribution in [3.8, 4) is 11.4 Å². The number of ether oxygens (including phenoxy) is 1. The van der Waals surface area contributed by atoms with Crippen LogP contribution in [0.5, 0.6) is 0 Å². The molecule has 0 aliphatic carbocycles. The minimum atomic E-state index is -0.506. The molecular formula is C15H14N4O2. The van der Waals surface area contributed by atoms with E-state index in [4.69, 9.17) is 10.5 Å². The molecular weight excluding hydrogens is 268 g/mol. The van der Waals surface area contributed by atoms with E-state index in [1.54, 1.807) is 6.92 Å². The predicted octanol–water partition coefficient (Wildman–Crippen LogP) is 2.38. The lowest BCUT2D eigenvalue weighted by atomic mass is 10.1. The quantitative estimate of drug-likeness (QED) is 0.719. The van der Waals surface area contributed by atoms with Crippen molar-refractivity contribution in [2.24, 2.45) is 0 Å². The molecule has 0 saturated carbocycles. The van der Waals surface area contributed by atoms with Gasteiger partial charge < -0.3 is 10.5 Å². The molecule has 3 aromatic rings. The maximum Gasteiger partial charge on any atom is 0.344 e. The van der Waals surface area contributed by atoms with Gasteiger partial charge in [-0.3, -0.25) is 5.10 Å². The normalized spacial score (nSPS) is 10.7. The third-order valence-electron chi connectivity index (χ3n) is 3.13. The van der Waals surface area contributed by atoms with Crippen molar-refractivity contribution in [1.29, 1.82) is 0 Å². The lowest BCUT2D eigenvalue weighted by Gasteiger charge is -2.05. The molecule has 0 amide bonds. The summed E-state index contributed by atoms with van der Waals surface area (Å²) in [5.74, 6) is -0.396. The van der Waals surface area contributed by atoms with E-state index >= 15 is 0 Å². The van der Waals surface area contributed by atoms with E-state index in [9.17, 15) is 4.79 Å². The molecule has 0 bridgehead atoms. The first-order chi connectivity index (χ1) is 10.2. The molecule has 0 fully saturated rings. The zero-order valence-electron chi connectivity index (χ0n) is 11.5. The maximum atomic E-state index is 12.0. The summed E-state index contributed by atoms with van der Waals surface area (Å²) in [6.07, 6.45) is 0. The zero-order chi connectivity index (χ0) is 14.8. The molecule has 0 radical (unpaired) electrons. The molecule has 2 aromatic heterocycles. The third-order valence-corrected chi connectivity index (χ3v) is 3.13. The van der Waals surface area contributed by atoms with Crippen LogP contribution in [0, 0.1) is 0 Å². The van der Waals surface area contributed by atoms with Gasteiger partial charge in [0, 0.05) is 5.39 Å². The zero-order valence-corrected chi connectivity index (χ0v) is 11.5. The van der Waals surface area contributed by atoms with Gasteiger partial charge in [0.05, 0.1) is 17.8 Å². The SMILES string of the molecule is CCOC(=O)c1c(N)n[nH]c1-c1ccc2ccccc2n1. The fraction of sp³-hybridized carbons (Fsp3) is 0.133. The minimum Gasteiger partial charge on any atom is -0.462 e. The highest BCUT2D eigenvalue weighted by atomic mass is 16.5. The number of nitrogens with one attached hydrogen (secondary N) is 1. The first-order valence-electron chi connectivity index (χ1n) is 6.58. The molecule has 0 atom stereocenters. The van der Waals surface area contributed by atoms with Crippen LogP contribution in [0.1, 0.15) is 17.3 Å². The van der Waals surface area contributed by atoms with Crippen molar-refractivity contribution in [3.63, 3.8) is 0 Å². The van der Waals surface area contributed by atoms with Gasteiger partial charge in [-0.2, -0.15) is 5.10 Å². The Hall–Kier alpha value is -2.89. The fourth-order valence-corrected chi connectivity index (χ4v) is 2.16. The molecule has 2 heterocycles. The van der Waals surface area contributed by atoms with E-state index in [2.05, 4.69) is 15.2 Å². The molecule has 0 saturated heterocycles. The number of H-pyrrole nitrogens is 1. The third kappa shape index (κ3) is 2.31. The lowest BCUT2D eigenvalue weighted by molar-refractivity contribution is 0.0528. The monoisotopic (exact) mass is 282 g/mol. The summed E-state index contributed by atoms with van der Waals surface area (Å²) >= 11 is 0. The second-order valence-corrected chi connectivity index (χ2v) is 4.47. The van der Waals surface area contributed by atoms with Crippen molar-refractivity contribution in [3.05, 3.63) is 42.0 Å². The topological polar surface area (TPSA) is 93.9 Å². The summed E-state index contributed by atoms with van der Waals surface area (Å²) in [4.78, 5) is 16.5. The molecule has 0 aliphatic rings. The number of esters is 1. The van der Waals surface area contributed by atoms with Gasteiger partial charge in [0.1, 0.15) is 11.3 Å². The molecule has 3 N–H and O–H groups in total. The number of carbonyl (C=O) groups excluding carboxylic acids is 1. The second kappa shape index (κ2) is 5.24. The number of carbonyl (C=O) groups is 1. The maximum absolute atomic E-state index is 12.0. The van der Waals surface area contributed by atoms with Crippen LogP contribution in [0.15, 0.2) is 36.4 Å². The number of nitrogens with two attached hydrogens (primary N) is 1. The van der Waals surface area contributed by atoms with Crippen molar-refractivity contribution in [2.75, 3.05) is 12.3 Å². The fourth-order valence-electron chi connectivity index (χ4n) is 2.16. The summed E-state index contributed by atoms with van der Waals surface area (Å²) in [6.45, 7) is 2.01. The first kappa shape index (κ1) is 13.1. The number of aromatic nitrogens is 3. The average molecular weight is 282 g/mol. The van der Waals surface area contributed by atoms with E-state index < -0.39 is 5.97 Å². The molecule has 1 aromatic carbocycles. The van der Waals surface area contributed by atoms with Crippen molar-refractivity contribution in [2.45, 2.75) is 6.92 Å². The number of rotatable bonds is 3. The Balaban J connectivity index is 2.12. The Morgan fingerprint density at radius 2 is 2.10 bits per heavy atom. The summed E-state index contributed by atoms with van der Waals surface area (Å²) in [5, 5.41) is 7.66. The van der Waals surface area contributed by atoms with Crippen LogP contribution in [0.4, 0.5) is 5.82 Å². The van der Waals surface area contributed by atoms with Gasteiger partial charge in [-0.1, -0.05) is 24.3 Å². The standard InChI is InChI=1S/C15H14N4O2/c1-2-21-15(20)12-13(18-19-14(12)16)11-8-7-9-5-3-4-6-10(9)17-11/h3-8H,2H2,1H3,(H3,16,18,19). The molecule has 6 nitrogen and oxygen atoms in total. The van der Waals surface area contributed by atoms with E-state index in [-0.39, 0.29) is 18.0 Å². The summed E-state index contributed by atoms with van der Waals surface area (Å²) in [5.41, 5.74) is 7.87. The highest BCUT2D eigenvalue weighted by Crippen LogP contribution is 2.26. The van der Waals surface area contributed by atoms with E-state index in [1.165, 1.54) is 0 Å². The number of para-hydroxylation sites is 1. The Morgan fingerprint density at radius 1 is 1.29 bits per heavy atom. The number of pyridine rings is 1. The highest BCUT2D eigenvalue weighted by Gasteiger charge is 2.21. The van der Waals surface area contributed by atoms with Gasteiger partial charge in [0.2, 0.25) is 0 Å². The molecule has 21 heavy (non-hydrogen) atoms. The lowest BCUT2D eigenvalue weighted by Crippen LogP contribution is -2.08. The molecule has 0 aliphatic heterocycles. The average Bonchev–Trinajstić information content (AvgIpc) is 2.89. The van der Waals surface area contributed by atoms with Gasteiger partial charge in [-0.15, -0.1) is 0 Å². The van der Waals surface area contributed by atoms with Gasteiger partial charge in [-0.05, 0) is 19.1 Å². The molecule has 0 spiro atoms. The van der Waals surface area contributed by atoms with Gasteiger partial charge >= 0.3 is 5.97 Å². The van der Waals surface area contributed by atoms with Crippen LogP contribution in [0.3, 0.4) is 0 Å². The molecule has 0 unspecified atom stereocenters. The van der Waals surface area contributed by atoms with E-state index in [0.717, 1.165) is 10.9 Å². The number of hydrogen-bond donors (Lipinski definition) is 2. The van der Waals surface area contributed by atoms with Crippen LogP contribution in [0.2, 0.25) is 0 Å². The largest absolute Gasteiger partial charge is 0.462 e. The van der Waals surface area contributed by atoms with E-state index in [0.29, 0.717) is 11.4 Å². The molecule has 3 rings (SSSR count). The minimum absolute atomic E-state index is 0.110. The van der Waals surface area contributed by atoms with Crippen LogP contribution < -0.4 is 5.73 Å². The number of nitrogens with zero attached hydrogens (tertiary/aromatic N) is 2. The predicted molar refractivity (Wildman–Crippen MR) is 79.7 cm³/mol. The second-order valence-electron chi connectivity index (χ2n) is 4.47. The van der Waals surface area contributed by atoms with Gasteiger partial charge in [0.25, 0.3) is 0 Å². The van der Waals surface area contributed by atoms with Crippen LogP contribution in [0.25, 0.3) is 22.3 Å². The van der Waals surface area contributed by atoms with E-state index in [1.807, 2.05) is 36.4 Å². The van der Waals surface area contributed by atoms with Gasteiger partial charge in [-0.25, -0.2) is 9.78 Å². The number of anilines is 1. The Morgan fingerprint density at radius 3 is 2.90 bits per heavy atom. The first-order valence-corrected chi connectivity index (χ1v) is 6.58. The number of hydrogen-bond acceptors (Lipinski definition) is 5. The number of benzene rings is 1. The molecule has 6 heteroatoms. The smallest absolute Gasteiger partial charge is 0.344 e. The summed E-state index contributed by atoms with van der Waals surface area (Å²) < 4.78 is 5.01. The Bertz CT molecular complexity index is 810. The van der Waals surface area contributed by atoms with Crippen LogP contribution >= 0.6 is 0 Å². The van der Waals surface area contributed by atoms with Crippen LogP contribution in [-0.4, -0.2) is 27.8 Å². The van der Waals surface area contributed by atoms with Crippen molar-refractivity contribution in [1.82, 2.24) is 15.2 Å². The summed E-state index contributed by atoms with van der Waals surface area (Å²) in [7, 11) is 0. The number of fused-ring (bicyclic) bond motifs is 1. The number of aromatic amines is 1. The number of nitrogen functional groups attached to an aromatic ring is 1. The van der Waals surface area contributed by atoms with Crippen LogP contribution in [-0.2, 0) is 4.74 Å². The van der Waals surface area contributed by atoms with Crippen molar-refractivity contribution < 1.29 is 9.53 Å². The highest BCUT2D eigenvalue weighted by molar-refractivity contribution is 6.00. The van der Waals surface area contributed by atoms with Gasteiger partial charge in [0.15, 0.2) is 5.82 Å².